The number of nitrogens with zero attached hydrogens (tertiary/aromatic N) is 4. The van der Waals surface area contributed by atoms with Gasteiger partial charge in [0.2, 0.25) is 0 Å². The summed E-state index contributed by atoms with van der Waals surface area (Å²) in [5.74, 6) is 1.82. The van der Waals surface area contributed by atoms with Gasteiger partial charge in [0.25, 0.3) is 0 Å². The Bertz CT molecular complexity index is 3230. The van der Waals surface area contributed by atoms with Crippen LogP contribution in [0.1, 0.15) is 0 Å². The number of rotatable bonds is 7. The lowest BCUT2D eigenvalue weighted by Crippen LogP contribution is -2.10. The highest BCUT2D eigenvalue weighted by atomic mass is 32.1. The Balaban J connectivity index is 1.15. The molecule has 0 spiro atoms. The zero-order valence-corrected chi connectivity index (χ0v) is 31.4. The fourth-order valence-electron chi connectivity index (χ4n) is 7.91. The molecule has 11 rings (SSSR count). The number of para-hydroxylation sites is 2. The SMILES string of the molecule is c1ccc(-c2ccc(N(c3ccccc3)c3ccc(-c4nc(-c5ccccc5)nc(-c5cccc6sc7ccccc7c56)n4)c4c3oc3ccccc34)cc2)cc1. The first-order valence-electron chi connectivity index (χ1n) is 18.9. The monoisotopic (exact) mass is 748 g/mol. The largest absolute Gasteiger partial charge is 0.454 e. The van der Waals surface area contributed by atoms with Crippen LogP contribution in [0.3, 0.4) is 0 Å². The van der Waals surface area contributed by atoms with Crippen molar-refractivity contribution < 1.29 is 4.42 Å². The van der Waals surface area contributed by atoms with Crippen LogP contribution in [0.4, 0.5) is 17.1 Å². The number of hydrogen-bond donors (Lipinski definition) is 0. The predicted molar refractivity (Wildman–Crippen MR) is 236 cm³/mol. The van der Waals surface area contributed by atoms with Crippen LogP contribution >= 0.6 is 11.3 Å². The lowest BCUT2D eigenvalue weighted by atomic mass is 10.0. The Hall–Kier alpha value is -7.41. The maximum Gasteiger partial charge on any atom is 0.164 e. The molecule has 0 aliphatic heterocycles. The van der Waals surface area contributed by atoms with Crippen molar-refractivity contribution in [2.75, 3.05) is 4.90 Å². The summed E-state index contributed by atoms with van der Waals surface area (Å²) in [5, 5.41) is 4.29. The molecule has 0 unspecified atom stereocenters. The smallest absolute Gasteiger partial charge is 0.164 e. The standard InChI is InChI=1S/C51H32N4OS/c1-4-15-33(16-5-1)34-27-29-37(30-28-34)55(36-19-8-3-9-20-36)42-32-31-41(47-38-21-10-12-24-43(38)56-48(42)47)51-53-49(35-17-6-2-7-18-35)52-50(54-51)40-23-14-26-45-46(40)39-22-11-13-25-44(39)57-45/h1-32H. The van der Waals surface area contributed by atoms with E-state index < -0.39 is 0 Å². The van der Waals surface area contributed by atoms with E-state index in [1.54, 1.807) is 11.3 Å². The lowest BCUT2D eigenvalue weighted by molar-refractivity contribution is 0.669. The fourth-order valence-corrected chi connectivity index (χ4v) is 9.04. The highest BCUT2D eigenvalue weighted by molar-refractivity contribution is 7.25. The Labute approximate surface area is 332 Å². The average molecular weight is 749 g/mol. The van der Waals surface area contributed by atoms with Gasteiger partial charge in [-0.3, -0.25) is 0 Å². The molecule has 0 radical (unpaired) electrons. The van der Waals surface area contributed by atoms with Gasteiger partial charge < -0.3 is 9.32 Å². The van der Waals surface area contributed by atoms with Crippen LogP contribution in [0.25, 0.3) is 87.4 Å². The lowest BCUT2D eigenvalue weighted by Gasteiger charge is -2.26. The number of hydrogen-bond acceptors (Lipinski definition) is 6. The molecular formula is C51H32N4OS. The Morgan fingerprint density at radius 1 is 0.386 bits per heavy atom. The van der Waals surface area contributed by atoms with E-state index in [1.165, 1.54) is 20.3 Å². The van der Waals surface area contributed by atoms with Gasteiger partial charge in [-0.1, -0.05) is 140 Å². The van der Waals surface area contributed by atoms with Gasteiger partial charge in [-0.25, -0.2) is 15.0 Å². The second-order valence-electron chi connectivity index (χ2n) is 14.0. The molecule has 8 aromatic carbocycles. The third-order valence-electron chi connectivity index (χ3n) is 10.5. The molecule has 11 aromatic rings. The van der Waals surface area contributed by atoms with Gasteiger partial charge in [-0.05, 0) is 65.7 Å². The molecule has 6 heteroatoms. The first kappa shape index (κ1) is 33.0. The summed E-state index contributed by atoms with van der Waals surface area (Å²) in [6.45, 7) is 0. The number of thiophene rings is 1. The van der Waals surface area contributed by atoms with Gasteiger partial charge in [-0.15, -0.1) is 11.3 Å². The molecule has 0 bridgehead atoms. The van der Waals surface area contributed by atoms with E-state index in [1.807, 2.05) is 42.5 Å². The predicted octanol–water partition coefficient (Wildman–Crippen LogP) is 14.3. The molecule has 0 N–H and O–H groups in total. The van der Waals surface area contributed by atoms with Crippen molar-refractivity contribution in [3.63, 3.8) is 0 Å². The summed E-state index contributed by atoms with van der Waals surface area (Å²) < 4.78 is 9.31. The second-order valence-corrected chi connectivity index (χ2v) is 15.1. The topological polar surface area (TPSA) is 55.1 Å². The van der Waals surface area contributed by atoms with Crippen LogP contribution in [-0.2, 0) is 0 Å². The summed E-state index contributed by atoms with van der Waals surface area (Å²) in [4.78, 5) is 18.0. The van der Waals surface area contributed by atoms with Crippen molar-refractivity contribution in [3.05, 3.63) is 194 Å². The number of anilines is 3. The molecule has 0 aliphatic rings. The summed E-state index contributed by atoms with van der Waals surface area (Å²) in [6, 6.07) is 67.2. The Kier molecular flexibility index (Phi) is 7.93. The number of furan rings is 1. The maximum atomic E-state index is 6.88. The van der Waals surface area contributed by atoms with E-state index in [-0.39, 0.29) is 0 Å². The summed E-state index contributed by atoms with van der Waals surface area (Å²) in [7, 11) is 0. The zero-order valence-electron chi connectivity index (χ0n) is 30.6. The van der Waals surface area contributed by atoms with Gasteiger partial charge in [-0.2, -0.15) is 0 Å². The molecule has 268 valence electrons. The molecule has 0 atom stereocenters. The van der Waals surface area contributed by atoms with Gasteiger partial charge in [0.1, 0.15) is 5.58 Å². The summed E-state index contributed by atoms with van der Waals surface area (Å²) in [5.41, 5.74) is 9.58. The molecule has 3 heterocycles. The summed E-state index contributed by atoms with van der Waals surface area (Å²) in [6.07, 6.45) is 0. The Morgan fingerprint density at radius 2 is 0.947 bits per heavy atom. The van der Waals surface area contributed by atoms with E-state index >= 15 is 0 Å². The first-order chi connectivity index (χ1) is 28.3. The van der Waals surface area contributed by atoms with E-state index in [4.69, 9.17) is 19.4 Å². The molecule has 0 amide bonds. The van der Waals surface area contributed by atoms with Gasteiger partial charge in [0.05, 0.1) is 5.69 Å². The second kappa shape index (κ2) is 13.7. The average Bonchev–Trinajstić information content (AvgIpc) is 3.87. The minimum Gasteiger partial charge on any atom is -0.454 e. The van der Waals surface area contributed by atoms with Gasteiger partial charge in [0, 0.05) is 59.0 Å². The van der Waals surface area contributed by atoms with Crippen LogP contribution < -0.4 is 4.90 Å². The van der Waals surface area contributed by atoms with Crippen LogP contribution in [0, 0.1) is 0 Å². The van der Waals surface area contributed by atoms with Crippen molar-refractivity contribution in [2.45, 2.75) is 0 Å². The minimum absolute atomic E-state index is 0.581. The van der Waals surface area contributed by atoms with Crippen molar-refractivity contribution in [1.29, 1.82) is 0 Å². The van der Waals surface area contributed by atoms with E-state index in [2.05, 4.69) is 157 Å². The fraction of sp³-hybridized carbons (Fsp3) is 0. The molecule has 0 saturated carbocycles. The third-order valence-corrected chi connectivity index (χ3v) is 11.7. The highest BCUT2D eigenvalue weighted by Gasteiger charge is 2.24. The molecule has 0 saturated heterocycles. The van der Waals surface area contributed by atoms with Crippen molar-refractivity contribution in [1.82, 2.24) is 15.0 Å². The minimum atomic E-state index is 0.581. The third kappa shape index (κ3) is 5.74. The normalized spacial score (nSPS) is 11.5. The first-order valence-corrected chi connectivity index (χ1v) is 19.8. The van der Waals surface area contributed by atoms with E-state index in [0.717, 1.165) is 66.6 Å². The number of aromatic nitrogens is 3. The molecule has 5 nitrogen and oxygen atoms in total. The molecule has 0 aliphatic carbocycles. The van der Waals surface area contributed by atoms with Gasteiger partial charge >= 0.3 is 0 Å². The Morgan fingerprint density at radius 3 is 1.70 bits per heavy atom. The van der Waals surface area contributed by atoms with Crippen LogP contribution in [0.5, 0.6) is 0 Å². The van der Waals surface area contributed by atoms with Crippen molar-refractivity contribution in [3.8, 4) is 45.3 Å². The van der Waals surface area contributed by atoms with Crippen LogP contribution in [0.2, 0.25) is 0 Å². The molecule has 3 aromatic heterocycles. The van der Waals surface area contributed by atoms with Crippen LogP contribution in [-0.4, -0.2) is 15.0 Å². The number of fused-ring (bicyclic) bond motifs is 6. The zero-order chi connectivity index (χ0) is 37.7. The van der Waals surface area contributed by atoms with E-state index in [0.29, 0.717) is 17.5 Å². The molecule has 0 fully saturated rings. The summed E-state index contributed by atoms with van der Waals surface area (Å²) >= 11 is 1.79. The van der Waals surface area contributed by atoms with Crippen LogP contribution in [0.15, 0.2) is 199 Å². The van der Waals surface area contributed by atoms with E-state index in [9.17, 15) is 0 Å². The maximum absolute atomic E-state index is 6.88. The van der Waals surface area contributed by atoms with Crippen molar-refractivity contribution >= 4 is 70.5 Å². The quantitative estimate of drug-likeness (QED) is 0.162. The molecular weight excluding hydrogens is 717 g/mol. The number of benzene rings is 8. The van der Waals surface area contributed by atoms with Crippen molar-refractivity contribution in [2.24, 2.45) is 0 Å². The van der Waals surface area contributed by atoms with Gasteiger partial charge in [0.15, 0.2) is 23.1 Å². The molecule has 57 heavy (non-hydrogen) atoms. The highest BCUT2D eigenvalue weighted by Crippen LogP contribution is 2.46.